The number of anilines is 1. The lowest BCUT2D eigenvalue weighted by molar-refractivity contribution is -0.144. The highest BCUT2D eigenvalue weighted by Gasteiger charge is 2.12. The van der Waals surface area contributed by atoms with Crippen molar-refractivity contribution in [3.63, 3.8) is 0 Å². The fraction of sp³-hybridized carbons (Fsp3) is 0.615. The van der Waals surface area contributed by atoms with E-state index < -0.39 is 0 Å². The van der Waals surface area contributed by atoms with Crippen molar-refractivity contribution >= 4 is 17.7 Å². The van der Waals surface area contributed by atoms with Crippen LogP contribution in [0.2, 0.25) is 0 Å². The number of nitrogens with one attached hydrogen (secondary N) is 1. The number of aromatic nitrogens is 1. The summed E-state index contributed by atoms with van der Waals surface area (Å²) in [5.41, 5.74) is 0. The first-order valence-corrected chi connectivity index (χ1v) is 6.66. The van der Waals surface area contributed by atoms with E-state index in [2.05, 4.69) is 10.5 Å². The summed E-state index contributed by atoms with van der Waals surface area (Å²) >= 11 is 0. The van der Waals surface area contributed by atoms with Crippen LogP contribution in [0.25, 0.3) is 0 Å². The number of amides is 1. The highest BCUT2D eigenvalue weighted by Crippen LogP contribution is 2.07. The van der Waals surface area contributed by atoms with Crippen LogP contribution in [0.5, 0.6) is 0 Å². The molecular formula is C13H21N3O4. The van der Waals surface area contributed by atoms with Gasteiger partial charge in [-0.3, -0.25) is 14.5 Å². The van der Waals surface area contributed by atoms with Crippen molar-refractivity contribution in [3.05, 3.63) is 11.8 Å². The predicted molar refractivity (Wildman–Crippen MR) is 73.2 cm³/mol. The zero-order valence-electron chi connectivity index (χ0n) is 12.1. The van der Waals surface area contributed by atoms with Gasteiger partial charge in [0.1, 0.15) is 5.76 Å². The van der Waals surface area contributed by atoms with E-state index in [1.165, 1.54) is 0 Å². The van der Waals surface area contributed by atoms with Crippen molar-refractivity contribution in [1.82, 2.24) is 10.1 Å². The summed E-state index contributed by atoms with van der Waals surface area (Å²) in [6.45, 7) is 7.16. The van der Waals surface area contributed by atoms with Gasteiger partial charge in [-0.05, 0) is 20.4 Å². The Labute approximate surface area is 118 Å². The molecule has 0 bridgehead atoms. The number of likely N-dealkylation sites (N-methyl/N-ethyl adjacent to an activating group) is 1. The van der Waals surface area contributed by atoms with E-state index in [-0.39, 0.29) is 24.8 Å². The monoisotopic (exact) mass is 283 g/mol. The van der Waals surface area contributed by atoms with Gasteiger partial charge in [-0.2, -0.15) is 0 Å². The summed E-state index contributed by atoms with van der Waals surface area (Å²) < 4.78 is 9.73. The maximum absolute atomic E-state index is 11.7. The molecule has 7 heteroatoms. The normalized spacial score (nSPS) is 10.6. The standard InChI is InChI=1S/C13H21N3O4/c1-4-16(9-13(18)19-5-2)7-6-12(17)14-11-8-10(3)20-15-11/h8H,4-7,9H2,1-3H3,(H,14,15,17). The van der Waals surface area contributed by atoms with Crippen molar-refractivity contribution < 1.29 is 18.8 Å². The van der Waals surface area contributed by atoms with E-state index in [1.807, 2.05) is 11.8 Å². The van der Waals surface area contributed by atoms with Crippen molar-refractivity contribution in [1.29, 1.82) is 0 Å². The lowest BCUT2D eigenvalue weighted by Crippen LogP contribution is -2.33. The molecule has 0 aliphatic carbocycles. The number of carbonyl (C=O) groups excluding carboxylic acids is 2. The molecule has 0 aliphatic heterocycles. The highest BCUT2D eigenvalue weighted by atomic mass is 16.5. The van der Waals surface area contributed by atoms with E-state index >= 15 is 0 Å². The topological polar surface area (TPSA) is 84.7 Å². The molecule has 0 spiro atoms. The van der Waals surface area contributed by atoms with Crippen molar-refractivity contribution in [2.45, 2.75) is 27.2 Å². The Morgan fingerprint density at radius 3 is 2.75 bits per heavy atom. The fourth-order valence-corrected chi connectivity index (χ4v) is 1.63. The smallest absolute Gasteiger partial charge is 0.320 e. The van der Waals surface area contributed by atoms with Gasteiger partial charge < -0.3 is 14.6 Å². The molecule has 112 valence electrons. The molecule has 20 heavy (non-hydrogen) atoms. The molecule has 1 heterocycles. The van der Waals surface area contributed by atoms with Crippen LogP contribution >= 0.6 is 0 Å². The number of esters is 1. The van der Waals surface area contributed by atoms with E-state index in [0.29, 0.717) is 31.3 Å². The minimum atomic E-state index is -0.276. The number of aryl methyl sites for hydroxylation is 1. The van der Waals surface area contributed by atoms with Gasteiger partial charge in [0.2, 0.25) is 5.91 Å². The van der Waals surface area contributed by atoms with Crippen molar-refractivity contribution in [3.8, 4) is 0 Å². The van der Waals surface area contributed by atoms with Gasteiger partial charge in [0.25, 0.3) is 0 Å². The largest absolute Gasteiger partial charge is 0.465 e. The van der Waals surface area contributed by atoms with Crippen LogP contribution in [0, 0.1) is 6.92 Å². The molecule has 1 amide bonds. The SMILES string of the molecule is CCOC(=O)CN(CC)CCC(=O)Nc1cc(C)on1. The second kappa shape index (κ2) is 8.31. The third-order valence-corrected chi connectivity index (χ3v) is 2.66. The second-order valence-electron chi connectivity index (χ2n) is 4.29. The van der Waals surface area contributed by atoms with E-state index in [4.69, 9.17) is 9.26 Å². The van der Waals surface area contributed by atoms with Crippen molar-refractivity contribution in [2.75, 3.05) is 31.6 Å². The van der Waals surface area contributed by atoms with Crippen LogP contribution in [-0.4, -0.2) is 48.2 Å². The molecular weight excluding hydrogens is 262 g/mol. The number of hydrogen-bond donors (Lipinski definition) is 1. The number of rotatable bonds is 8. The minimum absolute atomic E-state index is 0.166. The van der Waals surface area contributed by atoms with E-state index in [1.54, 1.807) is 19.9 Å². The average Bonchev–Trinajstić information content (AvgIpc) is 2.80. The predicted octanol–water partition coefficient (Wildman–Crippen LogP) is 1.20. The summed E-state index contributed by atoms with van der Waals surface area (Å²) in [6.07, 6.45) is 0.277. The Morgan fingerprint density at radius 1 is 1.45 bits per heavy atom. The minimum Gasteiger partial charge on any atom is -0.465 e. The molecule has 1 aromatic rings. The summed E-state index contributed by atoms with van der Waals surface area (Å²) in [4.78, 5) is 24.9. The molecule has 0 aliphatic rings. The van der Waals surface area contributed by atoms with Crippen molar-refractivity contribution in [2.24, 2.45) is 0 Å². The first kappa shape index (κ1) is 16.2. The highest BCUT2D eigenvalue weighted by molar-refractivity contribution is 5.89. The van der Waals surface area contributed by atoms with Gasteiger partial charge in [-0.25, -0.2) is 0 Å². The Balaban J connectivity index is 2.32. The Morgan fingerprint density at radius 2 is 2.20 bits per heavy atom. The molecule has 0 fully saturated rings. The Hall–Kier alpha value is -1.89. The van der Waals surface area contributed by atoms with E-state index in [9.17, 15) is 9.59 Å². The molecule has 0 saturated heterocycles. The van der Waals surface area contributed by atoms with Crippen LogP contribution in [-0.2, 0) is 14.3 Å². The molecule has 1 rings (SSSR count). The maximum Gasteiger partial charge on any atom is 0.320 e. The summed E-state index contributed by atoms with van der Waals surface area (Å²) in [7, 11) is 0. The molecule has 1 aromatic heterocycles. The summed E-state index contributed by atoms with van der Waals surface area (Å²) in [5, 5.41) is 6.32. The van der Waals surface area contributed by atoms with Crippen LogP contribution in [0.15, 0.2) is 10.6 Å². The van der Waals surface area contributed by atoms with E-state index in [0.717, 1.165) is 0 Å². The summed E-state index contributed by atoms with van der Waals surface area (Å²) in [6, 6.07) is 1.65. The second-order valence-corrected chi connectivity index (χ2v) is 4.29. The third-order valence-electron chi connectivity index (χ3n) is 2.66. The molecule has 0 saturated carbocycles. The third kappa shape index (κ3) is 5.83. The van der Waals surface area contributed by atoms with Crippen LogP contribution in [0.3, 0.4) is 0 Å². The van der Waals surface area contributed by atoms with Gasteiger partial charge in [-0.1, -0.05) is 12.1 Å². The average molecular weight is 283 g/mol. The lowest BCUT2D eigenvalue weighted by atomic mass is 10.3. The molecule has 0 atom stereocenters. The zero-order chi connectivity index (χ0) is 15.0. The molecule has 0 radical (unpaired) electrons. The van der Waals surface area contributed by atoms with Crippen LogP contribution in [0.1, 0.15) is 26.0 Å². The number of hydrogen-bond acceptors (Lipinski definition) is 6. The van der Waals surface area contributed by atoms with Crippen LogP contribution in [0.4, 0.5) is 5.82 Å². The molecule has 1 N–H and O–H groups in total. The number of nitrogens with zero attached hydrogens (tertiary/aromatic N) is 2. The van der Waals surface area contributed by atoms with Gasteiger partial charge in [0.15, 0.2) is 5.82 Å². The number of carbonyl (C=O) groups is 2. The fourth-order valence-electron chi connectivity index (χ4n) is 1.63. The summed E-state index contributed by atoms with van der Waals surface area (Å²) in [5.74, 6) is 0.598. The quantitative estimate of drug-likeness (QED) is 0.722. The zero-order valence-corrected chi connectivity index (χ0v) is 12.1. The Bertz CT molecular complexity index is 445. The van der Waals surface area contributed by atoms with Gasteiger partial charge in [-0.15, -0.1) is 0 Å². The lowest BCUT2D eigenvalue weighted by Gasteiger charge is -2.18. The van der Waals surface area contributed by atoms with Gasteiger partial charge in [0.05, 0.1) is 13.2 Å². The Kier molecular flexibility index (Phi) is 6.72. The van der Waals surface area contributed by atoms with Crippen LogP contribution < -0.4 is 5.32 Å². The first-order valence-electron chi connectivity index (χ1n) is 6.66. The number of ether oxygens (including phenoxy) is 1. The molecule has 7 nitrogen and oxygen atoms in total. The molecule has 0 aromatic carbocycles. The molecule has 0 unspecified atom stereocenters. The maximum atomic E-state index is 11.7. The first-order chi connectivity index (χ1) is 9.55. The van der Waals surface area contributed by atoms with Gasteiger partial charge >= 0.3 is 5.97 Å². The van der Waals surface area contributed by atoms with Gasteiger partial charge in [0, 0.05) is 19.0 Å².